The second kappa shape index (κ2) is 8.14. The minimum absolute atomic E-state index is 0.115. The van der Waals surface area contributed by atoms with Gasteiger partial charge in [0, 0.05) is 42.8 Å². The number of hydrogen-bond donors (Lipinski definition) is 2. The smallest absolute Gasteiger partial charge is 0.255 e. The van der Waals surface area contributed by atoms with Crippen LogP contribution in [-0.4, -0.2) is 53.8 Å². The van der Waals surface area contributed by atoms with E-state index in [1.165, 1.54) is 19.3 Å². The normalized spacial score (nSPS) is 26.6. The summed E-state index contributed by atoms with van der Waals surface area (Å²) in [4.78, 5) is 40.6. The molecule has 1 unspecified atom stereocenters. The molecule has 0 bridgehead atoms. The van der Waals surface area contributed by atoms with Crippen LogP contribution in [0.1, 0.15) is 61.9 Å². The lowest BCUT2D eigenvalue weighted by atomic mass is 10.0. The van der Waals surface area contributed by atoms with Gasteiger partial charge < -0.3 is 15.1 Å². The Morgan fingerprint density at radius 3 is 2.72 bits per heavy atom. The maximum absolute atomic E-state index is 12.9. The molecule has 3 amide bonds. The number of carbonyl (C=O) groups is 3. The number of nitrogens with one attached hydrogen (secondary N) is 2. The van der Waals surface area contributed by atoms with Crippen LogP contribution in [0.4, 0.5) is 5.69 Å². The molecule has 0 spiro atoms. The van der Waals surface area contributed by atoms with E-state index >= 15 is 0 Å². The van der Waals surface area contributed by atoms with Crippen LogP contribution < -0.4 is 15.5 Å². The Balaban J connectivity index is 1.55. The first-order valence-electron chi connectivity index (χ1n) is 10.8. The minimum atomic E-state index is -0.564. The first kappa shape index (κ1) is 19.9. The van der Waals surface area contributed by atoms with Gasteiger partial charge in [0.05, 0.1) is 0 Å². The number of anilines is 1. The number of imide groups is 1. The van der Waals surface area contributed by atoms with Crippen LogP contribution in [-0.2, 0) is 16.1 Å². The number of hydrogen-bond acceptors (Lipinski definition) is 5. The molecule has 7 nitrogen and oxygen atoms in total. The molecule has 29 heavy (non-hydrogen) atoms. The molecular formula is C22H30N4O3. The zero-order valence-corrected chi connectivity index (χ0v) is 17.2. The second-order valence-corrected chi connectivity index (χ2v) is 8.19. The quantitative estimate of drug-likeness (QED) is 0.714. The number of piperidine rings is 1. The fourth-order valence-electron chi connectivity index (χ4n) is 5.16. The molecule has 1 aromatic carbocycles. The molecule has 3 aliphatic rings. The number of carbonyl (C=O) groups excluding carboxylic acids is 3. The van der Waals surface area contributed by atoms with Crippen molar-refractivity contribution in [1.82, 2.24) is 15.5 Å². The van der Waals surface area contributed by atoms with Crippen LogP contribution >= 0.6 is 0 Å². The molecule has 1 saturated carbocycles. The first-order valence-corrected chi connectivity index (χ1v) is 10.8. The van der Waals surface area contributed by atoms with Gasteiger partial charge in [-0.05, 0) is 62.9 Å². The molecule has 3 atom stereocenters. The highest BCUT2D eigenvalue weighted by molar-refractivity contribution is 6.05. The van der Waals surface area contributed by atoms with E-state index in [4.69, 9.17) is 0 Å². The highest BCUT2D eigenvalue weighted by atomic mass is 16.2. The van der Waals surface area contributed by atoms with Crippen LogP contribution in [0.15, 0.2) is 18.2 Å². The van der Waals surface area contributed by atoms with Gasteiger partial charge >= 0.3 is 0 Å². The van der Waals surface area contributed by atoms with E-state index in [9.17, 15) is 14.4 Å². The third-order valence-corrected chi connectivity index (χ3v) is 6.53. The summed E-state index contributed by atoms with van der Waals surface area (Å²) in [6.07, 6.45) is 4.26. The number of rotatable bonds is 6. The van der Waals surface area contributed by atoms with E-state index in [2.05, 4.69) is 35.4 Å². The predicted molar refractivity (Wildman–Crippen MR) is 111 cm³/mol. The average molecular weight is 399 g/mol. The third-order valence-electron chi connectivity index (χ3n) is 6.53. The van der Waals surface area contributed by atoms with Gasteiger partial charge in [-0.25, -0.2) is 0 Å². The van der Waals surface area contributed by atoms with Crippen molar-refractivity contribution in [3.8, 4) is 0 Å². The Morgan fingerprint density at radius 1 is 1.17 bits per heavy atom. The summed E-state index contributed by atoms with van der Waals surface area (Å²) in [5, 5.41) is 5.98. The Morgan fingerprint density at radius 2 is 2.00 bits per heavy atom. The molecule has 1 saturated heterocycles. The van der Waals surface area contributed by atoms with Crippen molar-refractivity contribution < 1.29 is 14.4 Å². The summed E-state index contributed by atoms with van der Waals surface area (Å²) >= 11 is 0. The molecule has 1 aliphatic carbocycles. The molecule has 7 heteroatoms. The first-order chi connectivity index (χ1) is 14.0. The van der Waals surface area contributed by atoms with E-state index in [1.807, 2.05) is 12.1 Å². The molecule has 4 rings (SSSR count). The van der Waals surface area contributed by atoms with Gasteiger partial charge in [-0.1, -0.05) is 6.92 Å². The molecule has 1 aromatic rings. The maximum Gasteiger partial charge on any atom is 0.255 e. The van der Waals surface area contributed by atoms with Gasteiger partial charge in [-0.2, -0.15) is 0 Å². The summed E-state index contributed by atoms with van der Waals surface area (Å²) in [6.45, 7) is 6.63. The van der Waals surface area contributed by atoms with Gasteiger partial charge in [-0.15, -0.1) is 0 Å². The van der Waals surface area contributed by atoms with Crippen molar-refractivity contribution in [1.29, 1.82) is 0 Å². The van der Waals surface area contributed by atoms with Crippen molar-refractivity contribution >= 4 is 23.4 Å². The summed E-state index contributed by atoms with van der Waals surface area (Å²) in [5.74, 6) is -0.740. The molecule has 156 valence electrons. The summed E-state index contributed by atoms with van der Waals surface area (Å²) in [5.41, 5.74) is 2.77. The van der Waals surface area contributed by atoms with E-state index in [-0.39, 0.29) is 24.1 Å². The number of nitrogens with zero attached hydrogens (tertiary/aromatic N) is 2. The Hall–Kier alpha value is -2.41. The van der Waals surface area contributed by atoms with Crippen molar-refractivity contribution in [2.24, 2.45) is 0 Å². The Bertz CT molecular complexity index is 824. The molecule has 2 aliphatic heterocycles. The van der Waals surface area contributed by atoms with Gasteiger partial charge in [0.15, 0.2) is 0 Å². The monoisotopic (exact) mass is 398 g/mol. The van der Waals surface area contributed by atoms with Crippen LogP contribution in [0.5, 0.6) is 0 Å². The van der Waals surface area contributed by atoms with Gasteiger partial charge in [-0.3, -0.25) is 19.7 Å². The lowest BCUT2D eigenvalue weighted by Crippen LogP contribution is -2.52. The Kier molecular flexibility index (Phi) is 5.58. The molecule has 0 aromatic heterocycles. The second-order valence-electron chi connectivity index (χ2n) is 8.19. The minimum Gasteiger partial charge on any atom is -0.367 e. The van der Waals surface area contributed by atoms with Crippen LogP contribution in [0.2, 0.25) is 0 Å². The topological polar surface area (TPSA) is 81.8 Å². The number of benzene rings is 1. The fraction of sp³-hybridized carbons (Fsp3) is 0.591. The molecule has 2 heterocycles. The number of amides is 3. The van der Waals surface area contributed by atoms with E-state index in [1.54, 1.807) is 4.90 Å². The van der Waals surface area contributed by atoms with Gasteiger partial charge in [0.2, 0.25) is 11.8 Å². The third kappa shape index (κ3) is 3.64. The van der Waals surface area contributed by atoms with Gasteiger partial charge in [0.25, 0.3) is 5.91 Å². The molecular weight excluding hydrogens is 368 g/mol. The van der Waals surface area contributed by atoms with E-state index < -0.39 is 6.04 Å². The zero-order chi connectivity index (χ0) is 20.5. The molecule has 2 fully saturated rings. The lowest BCUT2D eigenvalue weighted by molar-refractivity contribution is -0.136. The van der Waals surface area contributed by atoms with Crippen LogP contribution in [0, 0.1) is 0 Å². The highest BCUT2D eigenvalue weighted by Crippen LogP contribution is 2.33. The molecule has 0 radical (unpaired) electrons. The zero-order valence-electron chi connectivity index (χ0n) is 17.2. The van der Waals surface area contributed by atoms with E-state index in [0.717, 1.165) is 24.3 Å². The standard InChI is InChI=1S/C22H30N4O3/c1-3-23-17-6-5-7-18(17)25(4-2)15-8-9-16-14(12-15)13-26(22(16)29)19-10-11-20(27)24-21(19)28/h8-9,12,17-19,23H,3-7,10-11,13H2,1-2H3,(H,24,27,28)/t17-,18+,19?/m0/s1. The summed E-state index contributed by atoms with van der Waals surface area (Å²) in [6, 6.07) is 6.44. The highest BCUT2D eigenvalue weighted by Gasteiger charge is 2.39. The maximum atomic E-state index is 12.9. The van der Waals surface area contributed by atoms with Crippen molar-refractivity contribution in [3.05, 3.63) is 29.3 Å². The van der Waals surface area contributed by atoms with E-state index in [0.29, 0.717) is 30.6 Å². The lowest BCUT2D eigenvalue weighted by Gasteiger charge is -2.34. The van der Waals surface area contributed by atoms with Crippen LogP contribution in [0.25, 0.3) is 0 Å². The fourth-order valence-corrected chi connectivity index (χ4v) is 5.16. The summed E-state index contributed by atoms with van der Waals surface area (Å²) in [7, 11) is 0. The number of fused-ring (bicyclic) bond motifs is 1. The van der Waals surface area contributed by atoms with Gasteiger partial charge in [0.1, 0.15) is 6.04 Å². The number of likely N-dealkylation sites (N-methyl/N-ethyl adjacent to an activating group) is 2. The van der Waals surface area contributed by atoms with Crippen molar-refractivity contribution in [2.45, 2.75) is 70.6 Å². The summed E-state index contributed by atoms with van der Waals surface area (Å²) < 4.78 is 0. The Labute approximate surface area is 171 Å². The van der Waals surface area contributed by atoms with Crippen molar-refractivity contribution in [3.63, 3.8) is 0 Å². The average Bonchev–Trinajstić information content (AvgIpc) is 3.28. The SMILES string of the molecule is CCN[C@H]1CCC[C@H]1N(CC)c1ccc2c(c1)CN(C1CCC(=O)NC1=O)C2=O. The van der Waals surface area contributed by atoms with Crippen LogP contribution in [0.3, 0.4) is 0 Å². The molecule has 2 N–H and O–H groups in total. The largest absolute Gasteiger partial charge is 0.367 e. The predicted octanol–water partition coefficient (Wildman–Crippen LogP) is 1.80. The van der Waals surface area contributed by atoms with Crippen molar-refractivity contribution in [2.75, 3.05) is 18.0 Å².